The average Bonchev–Trinajstić information content (AvgIpc) is 1.59. The van der Waals surface area contributed by atoms with E-state index in [9.17, 15) is 0 Å². The summed E-state index contributed by atoms with van der Waals surface area (Å²) >= 11 is 0. The van der Waals surface area contributed by atoms with E-state index in [4.69, 9.17) is 0 Å². The van der Waals surface area contributed by atoms with E-state index in [0.29, 0.717) is 5.82 Å². The van der Waals surface area contributed by atoms with Crippen LogP contribution in [0.5, 0.6) is 0 Å². The van der Waals surface area contributed by atoms with Crippen molar-refractivity contribution >= 4 is 7.07 Å². The molecule has 0 saturated carbocycles. The zero-order chi connectivity index (χ0) is 7.49. The van der Waals surface area contributed by atoms with Gasteiger partial charge >= 0.3 is 57.9 Å². The Hall–Kier alpha value is -0.135. The van der Waals surface area contributed by atoms with Crippen molar-refractivity contribution in [3.63, 3.8) is 0 Å². The quantitative estimate of drug-likeness (QED) is 0.477. The average molecular weight is 125 g/mol. The Balaban J connectivity index is 3.71. The summed E-state index contributed by atoms with van der Waals surface area (Å²) in [6.45, 7) is 10.6. The second-order valence-corrected chi connectivity index (χ2v) is 3.69. The molecule has 0 aromatic carbocycles. The molecule has 0 saturated heterocycles. The maximum atomic E-state index is 4.33. The summed E-state index contributed by atoms with van der Waals surface area (Å²) in [5.41, 5.74) is 0.101. The van der Waals surface area contributed by atoms with Crippen molar-refractivity contribution in [3.8, 4) is 0 Å². The van der Waals surface area contributed by atoms with Crippen LogP contribution in [0.25, 0.3) is 0 Å². The van der Waals surface area contributed by atoms with Gasteiger partial charge in [0, 0.05) is 0 Å². The van der Waals surface area contributed by atoms with Gasteiger partial charge < -0.3 is 0 Å². The molecule has 0 spiro atoms. The predicted octanol–water partition coefficient (Wildman–Crippen LogP) is 2.50. The van der Waals surface area contributed by atoms with Crippen molar-refractivity contribution in [1.29, 1.82) is 0 Å². The van der Waals surface area contributed by atoms with Gasteiger partial charge in [-0.25, -0.2) is 0 Å². The number of hydrogen-bond donors (Lipinski definition) is 0. The van der Waals surface area contributed by atoms with Gasteiger partial charge in [0.15, 0.2) is 0 Å². The van der Waals surface area contributed by atoms with Crippen molar-refractivity contribution in [2.24, 2.45) is 4.90 Å². The molecule has 0 rings (SSSR count). The summed E-state index contributed by atoms with van der Waals surface area (Å²) < 4.78 is 0. The molecule has 0 N–H and O–H groups in total. The molecular formula is C7H16BN. The van der Waals surface area contributed by atoms with Crippen LogP contribution in [0.1, 0.15) is 34.6 Å². The Kier molecular flexibility index (Phi) is 3.09. The molecule has 0 amide bonds. The van der Waals surface area contributed by atoms with Gasteiger partial charge in [-0.05, 0) is 0 Å². The van der Waals surface area contributed by atoms with Gasteiger partial charge in [0.1, 0.15) is 0 Å². The van der Waals surface area contributed by atoms with Gasteiger partial charge in [-0.15, -0.1) is 0 Å². The Bertz CT molecular complexity index is 100.0. The minimum atomic E-state index is 0.101. The summed E-state index contributed by atoms with van der Waals surface area (Å²) in [6.07, 6.45) is 0. The molecule has 0 aliphatic carbocycles. The van der Waals surface area contributed by atoms with E-state index < -0.39 is 0 Å². The van der Waals surface area contributed by atoms with E-state index in [1.165, 1.54) is 0 Å². The second kappa shape index (κ2) is 3.14. The zero-order valence-electron chi connectivity index (χ0n) is 7.10. The second-order valence-electron chi connectivity index (χ2n) is 3.69. The molecule has 0 aliphatic rings. The van der Waals surface area contributed by atoms with Gasteiger partial charge in [-0.3, -0.25) is 0 Å². The van der Waals surface area contributed by atoms with E-state index in [-0.39, 0.29) is 5.54 Å². The molecule has 0 aromatic rings. The van der Waals surface area contributed by atoms with Crippen LogP contribution in [-0.2, 0) is 0 Å². The van der Waals surface area contributed by atoms with Crippen LogP contribution in [0.4, 0.5) is 0 Å². The Morgan fingerprint density at radius 3 is 1.78 bits per heavy atom. The number of hydrogen-bond acceptors (Lipinski definition) is 1. The third kappa shape index (κ3) is 7.86. The van der Waals surface area contributed by atoms with Crippen molar-refractivity contribution in [2.45, 2.75) is 46.0 Å². The van der Waals surface area contributed by atoms with Crippen molar-refractivity contribution in [2.75, 3.05) is 0 Å². The van der Waals surface area contributed by atoms with Crippen LogP contribution in [0.15, 0.2) is 4.90 Å². The van der Waals surface area contributed by atoms with Crippen LogP contribution in [0, 0.1) is 0 Å². The third-order valence-corrected chi connectivity index (χ3v) is 0.760. The van der Waals surface area contributed by atoms with E-state index >= 15 is 0 Å². The predicted molar refractivity (Wildman–Crippen MR) is 43.0 cm³/mol. The van der Waals surface area contributed by atoms with Crippen molar-refractivity contribution < 1.29 is 0 Å². The molecular weight excluding hydrogens is 109 g/mol. The Morgan fingerprint density at radius 1 is 1.22 bits per heavy atom. The van der Waals surface area contributed by atoms with Crippen LogP contribution >= 0.6 is 0 Å². The van der Waals surface area contributed by atoms with E-state index in [1.54, 1.807) is 0 Å². The fourth-order valence-corrected chi connectivity index (χ4v) is 0.373. The number of nitrogens with zero attached hydrogens (tertiary/aromatic N) is 1. The van der Waals surface area contributed by atoms with Gasteiger partial charge in [-0.2, -0.15) is 0 Å². The number of rotatable bonds is 1. The molecule has 0 atom stereocenters. The standard InChI is InChI=1S/C7H16BN/c1-6(2)8-9-7(3,4)5/h6H,1-5H3. The van der Waals surface area contributed by atoms with E-state index in [2.05, 4.69) is 39.5 Å². The molecule has 0 heterocycles. The first-order chi connectivity index (χ1) is 3.92. The van der Waals surface area contributed by atoms with Gasteiger partial charge in [0.2, 0.25) is 0 Å². The maximum absolute atomic E-state index is 4.33. The fourth-order valence-electron chi connectivity index (χ4n) is 0.373. The van der Waals surface area contributed by atoms with Crippen LogP contribution in [0.3, 0.4) is 0 Å². The molecule has 0 aromatic heterocycles. The SMILES string of the molecule is CC(C)B=NC(C)(C)C. The van der Waals surface area contributed by atoms with Crippen molar-refractivity contribution in [3.05, 3.63) is 0 Å². The summed E-state index contributed by atoms with van der Waals surface area (Å²) in [5, 5.41) is 0. The molecule has 0 fully saturated rings. The third-order valence-electron chi connectivity index (χ3n) is 0.760. The van der Waals surface area contributed by atoms with E-state index in [1.807, 2.05) is 7.07 Å². The van der Waals surface area contributed by atoms with Gasteiger partial charge in [0.25, 0.3) is 0 Å². The summed E-state index contributed by atoms with van der Waals surface area (Å²) in [7, 11) is 2.00. The fraction of sp³-hybridized carbons (Fsp3) is 1.00. The first kappa shape index (κ1) is 8.86. The summed E-state index contributed by atoms with van der Waals surface area (Å²) in [4.78, 5) is 4.33. The molecule has 0 unspecified atom stereocenters. The van der Waals surface area contributed by atoms with Gasteiger partial charge in [-0.1, -0.05) is 0 Å². The first-order valence-corrected chi connectivity index (χ1v) is 3.47. The molecule has 52 valence electrons. The van der Waals surface area contributed by atoms with Crippen LogP contribution in [-0.4, -0.2) is 12.6 Å². The normalized spacial score (nSPS) is 12.7. The minimum absolute atomic E-state index is 0.101. The Morgan fingerprint density at radius 2 is 1.67 bits per heavy atom. The molecule has 0 bridgehead atoms. The first-order valence-electron chi connectivity index (χ1n) is 3.47. The molecule has 1 nitrogen and oxygen atoms in total. The molecule has 0 aliphatic heterocycles. The van der Waals surface area contributed by atoms with E-state index in [0.717, 1.165) is 0 Å². The summed E-state index contributed by atoms with van der Waals surface area (Å²) in [6, 6.07) is 0. The molecule has 2 heteroatoms. The molecule has 9 heavy (non-hydrogen) atoms. The van der Waals surface area contributed by atoms with Crippen LogP contribution in [0.2, 0.25) is 5.82 Å². The van der Waals surface area contributed by atoms with Gasteiger partial charge in [0.05, 0.1) is 0 Å². The van der Waals surface area contributed by atoms with Crippen LogP contribution < -0.4 is 0 Å². The van der Waals surface area contributed by atoms with Crippen molar-refractivity contribution in [1.82, 2.24) is 0 Å². The Labute approximate surface area is 58.8 Å². The monoisotopic (exact) mass is 125 g/mol. The summed E-state index contributed by atoms with van der Waals surface area (Å²) in [5.74, 6) is 0.573. The topological polar surface area (TPSA) is 12.4 Å². The zero-order valence-corrected chi connectivity index (χ0v) is 7.10. The molecule has 0 radical (unpaired) electrons.